The second-order valence-corrected chi connectivity index (χ2v) is 5.87. The minimum Gasteiger partial charge on any atom is -1.00 e. The number of carboxylic acids is 1. The Kier molecular flexibility index (Phi) is 9.77. The van der Waals surface area contributed by atoms with Gasteiger partial charge in [-0.1, -0.05) is 46.3 Å². The van der Waals surface area contributed by atoms with E-state index in [9.17, 15) is 4.79 Å². The molecule has 0 unspecified atom stereocenters. The monoisotopic (exact) mass is 387 g/mol. The Bertz CT molecular complexity index is 616. The molecule has 0 aliphatic rings. The molecule has 2 aromatic carbocycles. The summed E-state index contributed by atoms with van der Waals surface area (Å²) in [6, 6.07) is 16.5. The van der Waals surface area contributed by atoms with Crippen LogP contribution in [0, 0.1) is 0 Å². The van der Waals surface area contributed by atoms with Crippen LogP contribution in [-0.2, 0) is 16.2 Å². The predicted octanol–water partition coefficient (Wildman–Crippen LogP) is 0.509. The minimum absolute atomic E-state index is 0. The molecule has 0 heterocycles. The number of ether oxygens (including phenoxy) is 1. The van der Waals surface area contributed by atoms with Crippen LogP contribution in [0.15, 0.2) is 59.1 Å². The molecule has 5 nitrogen and oxygen atoms in total. The molecule has 0 aliphatic heterocycles. The van der Waals surface area contributed by atoms with Crippen LogP contribution < -0.4 is 29.1 Å². The normalized spacial score (nSPS) is 11.4. The van der Waals surface area contributed by atoms with Crippen molar-refractivity contribution in [2.75, 3.05) is 6.61 Å². The quantitative estimate of drug-likeness (QED) is 0.484. The summed E-state index contributed by atoms with van der Waals surface area (Å²) in [5, 5.41) is 8.98. The number of hydrogen-bond donors (Lipinski definition) is 2. The largest absolute Gasteiger partial charge is 1.00 e. The van der Waals surface area contributed by atoms with E-state index in [0.717, 1.165) is 10.0 Å². The van der Waals surface area contributed by atoms with Crippen molar-refractivity contribution >= 4 is 21.9 Å². The first-order chi connectivity index (χ1) is 11.1. The molecule has 0 aromatic heterocycles. The summed E-state index contributed by atoms with van der Waals surface area (Å²) in [6.45, 7) is 0.554. The number of benzene rings is 2. The summed E-state index contributed by atoms with van der Waals surface area (Å²) in [5.41, 5.74) is 3.77. The third-order valence-electron chi connectivity index (χ3n) is 3.02. The Morgan fingerprint density at radius 3 is 2.46 bits per heavy atom. The Morgan fingerprint density at radius 2 is 1.83 bits per heavy atom. The number of carbonyl (C=O) groups is 1. The molecule has 0 aliphatic carbocycles. The van der Waals surface area contributed by atoms with E-state index in [1.165, 1.54) is 0 Å². The molecule has 0 saturated carbocycles. The molecule has 0 amide bonds. The number of hydrogen-bond acceptors (Lipinski definition) is 4. The molecule has 0 fully saturated rings. The van der Waals surface area contributed by atoms with E-state index >= 15 is 0 Å². The molecule has 0 bridgehead atoms. The molecule has 24 heavy (non-hydrogen) atoms. The fraction of sp³-hybridized carbons (Fsp3) is 0.235. The van der Waals surface area contributed by atoms with Gasteiger partial charge in [-0.05, 0) is 29.8 Å². The standard InChI is InChI=1S/C17H18BrNO4.Li.H/c18-14-6-8-16(9-7-14)22-12-15(10-17(20)21)19-23-11-13-4-2-1-3-5-13;;/h1-9,15,19H,10-12H2,(H,20,21);;/q;+1;-1/t15-;;/m1../s1. The van der Waals surface area contributed by atoms with Crippen LogP contribution >= 0.6 is 15.9 Å². The van der Waals surface area contributed by atoms with Crippen molar-refractivity contribution in [3.63, 3.8) is 0 Å². The molecule has 2 aromatic rings. The average Bonchev–Trinajstić information content (AvgIpc) is 2.54. The molecular formula is C17H19BrLiNO4. The maximum absolute atomic E-state index is 10.9. The number of carboxylic acid groups (broad SMARTS) is 1. The first-order valence-electron chi connectivity index (χ1n) is 7.15. The van der Waals surface area contributed by atoms with Gasteiger partial charge in [-0.25, -0.2) is 0 Å². The molecule has 7 heteroatoms. The van der Waals surface area contributed by atoms with Crippen LogP contribution in [0.25, 0.3) is 0 Å². The van der Waals surface area contributed by atoms with Crippen molar-refractivity contribution in [3.05, 3.63) is 64.6 Å². The van der Waals surface area contributed by atoms with Crippen molar-refractivity contribution < 1.29 is 39.8 Å². The Hall–Kier alpha value is -1.29. The van der Waals surface area contributed by atoms with Crippen molar-refractivity contribution in [2.45, 2.75) is 19.1 Å². The fourth-order valence-corrected chi connectivity index (χ4v) is 2.15. The van der Waals surface area contributed by atoms with Gasteiger partial charge in [-0.3, -0.25) is 9.63 Å². The van der Waals surface area contributed by atoms with E-state index in [1.807, 2.05) is 54.6 Å². The Balaban J connectivity index is 0.00000288. The summed E-state index contributed by atoms with van der Waals surface area (Å²) in [7, 11) is 0. The topological polar surface area (TPSA) is 67.8 Å². The van der Waals surface area contributed by atoms with Gasteiger partial charge in [0, 0.05) is 4.47 Å². The molecule has 0 spiro atoms. The Morgan fingerprint density at radius 1 is 1.17 bits per heavy atom. The van der Waals surface area contributed by atoms with Crippen molar-refractivity contribution in [3.8, 4) is 5.75 Å². The SMILES string of the molecule is O=C(O)C[C@H](COc1ccc(Br)cc1)NOCc1ccccc1.[H-].[Li+]. The van der Waals surface area contributed by atoms with Crippen LogP contribution in [0.4, 0.5) is 0 Å². The molecule has 0 saturated heterocycles. The zero-order valence-corrected chi connectivity index (χ0v) is 15.0. The van der Waals surface area contributed by atoms with Crippen LogP contribution in [-0.4, -0.2) is 23.7 Å². The zero-order valence-electron chi connectivity index (χ0n) is 14.4. The van der Waals surface area contributed by atoms with Crippen LogP contribution in [0.5, 0.6) is 5.75 Å². The van der Waals surface area contributed by atoms with Crippen molar-refractivity contribution in [1.29, 1.82) is 0 Å². The van der Waals surface area contributed by atoms with Gasteiger partial charge in [0.05, 0.1) is 19.1 Å². The van der Waals surface area contributed by atoms with E-state index in [0.29, 0.717) is 12.4 Å². The molecule has 2 rings (SSSR count). The summed E-state index contributed by atoms with van der Waals surface area (Å²) >= 11 is 3.35. The van der Waals surface area contributed by atoms with Gasteiger partial charge < -0.3 is 11.3 Å². The van der Waals surface area contributed by atoms with Crippen LogP contribution in [0.3, 0.4) is 0 Å². The minimum atomic E-state index is -0.912. The van der Waals surface area contributed by atoms with E-state index in [1.54, 1.807) is 0 Å². The van der Waals surface area contributed by atoms with Gasteiger partial charge in [-0.15, -0.1) is 0 Å². The maximum Gasteiger partial charge on any atom is 1.00 e. The van der Waals surface area contributed by atoms with Gasteiger partial charge in [-0.2, -0.15) is 5.48 Å². The third-order valence-corrected chi connectivity index (χ3v) is 3.55. The average molecular weight is 388 g/mol. The van der Waals surface area contributed by atoms with E-state index < -0.39 is 12.0 Å². The second kappa shape index (κ2) is 11.3. The molecule has 124 valence electrons. The molecular weight excluding hydrogens is 369 g/mol. The fourth-order valence-electron chi connectivity index (χ4n) is 1.89. The molecule has 1 atom stereocenters. The third kappa shape index (κ3) is 8.00. The van der Waals surface area contributed by atoms with Crippen LogP contribution in [0.2, 0.25) is 0 Å². The number of hydroxylamine groups is 1. The van der Waals surface area contributed by atoms with E-state index in [4.69, 9.17) is 14.7 Å². The van der Waals surface area contributed by atoms with Gasteiger partial charge in [0.2, 0.25) is 0 Å². The zero-order chi connectivity index (χ0) is 16.5. The van der Waals surface area contributed by atoms with Gasteiger partial charge in [0.15, 0.2) is 0 Å². The number of aliphatic carboxylic acids is 1. The van der Waals surface area contributed by atoms with Gasteiger partial charge in [0.1, 0.15) is 12.4 Å². The summed E-state index contributed by atoms with van der Waals surface area (Å²) in [5.74, 6) is -0.237. The first-order valence-corrected chi connectivity index (χ1v) is 7.94. The molecule has 2 N–H and O–H groups in total. The summed E-state index contributed by atoms with van der Waals surface area (Å²) < 4.78 is 6.55. The number of halogens is 1. The maximum atomic E-state index is 10.9. The smallest absolute Gasteiger partial charge is 1.00 e. The van der Waals surface area contributed by atoms with E-state index in [2.05, 4.69) is 21.4 Å². The Labute approximate surface area is 163 Å². The summed E-state index contributed by atoms with van der Waals surface area (Å²) in [6.07, 6.45) is -0.0919. The van der Waals surface area contributed by atoms with Crippen molar-refractivity contribution in [1.82, 2.24) is 5.48 Å². The summed E-state index contributed by atoms with van der Waals surface area (Å²) in [4.78, 5) is 16.3. The first kappa shape index (κ1) is 20.8. The van der Waals surface area contributed by atoms with Gasteiger partial charge >= 0.3 is 24.8 Å². The molecule has 0 radical (unpaired) electrons. The number of nitrogens with one attached hydrogen (secondary N) is 1. The van der Waals surface area contributed by atoms with Gasteiger partial charge in [0.25, 0.3) is 0 Å². The predicted molar refractivity (Wildman–Crippen MR) is 91.2 cm³/mol. The van der Waals surface area contributed by atoms with Crippen molar-refractivity contribution in [2.24, 2.45) is 0 Å². The number of rotatable bonds is 9. The second-order valence-electron chi connectivity index (χ2n) is 4.95. The van der Waals surface area contributed by atoms with E-state index in [-0.39, 0.29) is 33.3 Å². The van der Waals surface area contributed by atoms with Crippen LogP contribution in [0.1, 0.15) is 13.4 Å².